The molecule has 6 nitrogen and oxygen atoms in total. The van der Waals surface area contributed by atoms with Crippen LogP contribution in [0.15, 0.2) is 30.3 Å². The fraction of sp³-hybridized carbons (Fsp3) is 0.471. The molecule has 0 aromatic heterocycles. The van der Waals surface area contributed by atoms with Crippen LogP contribution in [0.5, 0.6) is 0 Å². The molecular weight excluding hydrogens is 296 g/mol. The number of benzene rings is 1. The van der Waals surface area contributed by atoms with Crippen molar-refractivity contribution in [2.24, 2.45) is 0 Å². The Kier molecular flexibility index (Phi) is 9.12. The SMILES string of the molecule is COC(=O)CNC(=O)CCCCCCNC(=O)c1ccccc1. The van der Waals surface area contributed by atoms with Crippen LogP contribution in [0.3, 0.4) is 0 Å². The minimum atomic E-state index is -0.451. The van der Waals surface area contributed by atoms with E-state index in [0.717, 1.165) is 25.7 Å². The number of hydrogen-bond donors (Lipinski definition) is 2. The molecule has 1 aromatic carbocycles. The predicted molar refractivity (Wildman–Crippen MR) is 86.9 cm³/mol. The average Bonchev–Trinajstić information content (AvgIpc) is 2.59. The van der Waals surface area contributed by atoms with Gasteiger partial charge in [0.05, 0.1) is 7.11 Å². The Hall–Kier alpha value is -2.37. The summed E-state index contributed by atoms with van der Waals surface area (Å²) in [5, 5.41) is 5.37. The molecule has 0 unspecified atom stereocenters. The summed E-state index contributed by atoms with van der Waals surface area (Å²) in [6.45, 7) is 0.545. The standard InChI is InChI=1S/C17H24N2O4/c1-23-16(21)13-19-15(20)11-7-2-3-8-12-18-17(22)14-9-5-4-6-10-14/h4-6,9-10H,2-3,7-8,11-13H2,1H3,(H,18,22)(H,19,20). The fourth-order valence-electron chi connectivity index (χ4n) is 1.99. The van der Waals surface area contributed by atoms with E-state index in [1.54, 1.807) is 12.1 Å². The van der Waals surface area contributed by atoms with Crippen molar-refractivity contribution in [3.63, 3.8) is 0 Å². The van der Waals surface area contributed by atoms with Gasteiger partial charge in [-0.2, -0.15) is 0 Å². The summed E-state index contributed by atoms with van der Waals surface area (Å²) < 4.78 is 4.43. The molecule has 0 saturated heterocycles. The topological polar surface area (TPSA) is 84.5 Å². The minimum Gasteiger partial charge on any atom is -0.468 e. The third kappa shape index (κ3) is 8.60. The molecule has 1 rings (SSSR count). The quantitative estimate of drug-likeness (QED) is 0.507. The minimum absolute atomic E-state index is 0.0622. The number of amides is 2. The summed E-state index contributed by atoms with van der Waals surface area (Å²) in [5.74, 6) is -0.659. The summed E-state index contributed by atoms with van der Waals surface area (Å²) in [6.07, 6.45) is 3.89. The molecule has 0 aliphatic heterocycles. The number of carbonyl (C=O) groups is 3. The summed E-state index contributed by atoms with van der Waals surface area (Å²) in [6, 6.07) is 9.10. The van der Waals surface area contributed by atoms with E-state index in [-0.39, 0.29) is 18.4 Å². The van der Waals surface area contributed by atoms with E-state index in [1.807, 2.05) is 18.2 Å². The number of carbonyl (C=O) groups excluding carboxylic acids is 3. The molecule has 0 aliphatic carbocycles. The van der Waals surface area contributed by atoms with Crippen molar-refractivity contribution in [1.82, 2.24) is 10.6 Å². The molecular formula is C17H24N2O4. The van der Waals surface area contributed by atoms with Crippen LogP contribution in [-0.2, 0) is 14.3 Å². The Morgan fingerprint density at radius 2 is 1.65 bits per heavy atom. The average molecular weight is 320 g/mol. The van der Waals surface area contributed by atoms with Gasteiger partial charge >= 0.3 is 5.97 Å². The molecule has 0 aliphatic rings. The molecule has 0 spiro atoms. The van der Waals surface area contributed by atoms with Crippen molar-refractivity contribution in [1.29, 1.82) is 0 Å². The van der Waals surface area contributed by atoms with Gasteiger partial charge in [0, 0.05) is 18.5 Å². The fourth-order valence-corrected chi connectivity index (χ4v) is 1.99. The van der Waals surface area contributed by atoms with Gasteiger partial charge in [-0.1, -0.05) is 31.0 Å². The van der Waals surface area contributed by atoms with Crippen LogP contribution >= 0.6 is 0 Å². The summed E-state index contributed by atoms with van der Waals surface area (Å²) >= 11 is 0. The van der Waals surface area contributed by atoms with Crippen molar-refractivity contribution in [3.8, 4) is 0 Å². The van der Waals surface area contributed by atoms with E-state index >= 15 is 0 Å². The summed E-state index contributed by atoms with van der Waals surface area (Å²) in [4.78, 5) is 34.0. The number of unbranched alkanes of at least 4 members (excludes halogenated alkanes) is 3. The third-order valence-corrected chi connectivity index (χ3v) is 3.31. The number of rotatable bonds is 10. The highest BCUT2D eigenvalue weighted by Gasteiger charge is 2.05. The van der Waals surface area contributed by atoms with Crippen LogP contribution < -0.4 is 10.6 Å². The highest BCUT2D eigenvalue weighted by Crippen LogP contribution is 2.03. The van der Waals surface area contributed by atoms with Gasteiger partial charge in [-0.25, -0.2) is 0 Å². The van der Waals surface area contributed by atoms with Crippen LogP contribution in [0, 0.1) is 0 Å². The zero-order valence-electron chi connectivity index (χ0n) is 13.5. The van der Waals surface area contributed by atoms with Gasteiger partial charge in [-0.3, -0.25) is 14.4 Å². The smallest absolute Gasteiger partial charge is 0.325 e. The maximum atomic E-state index is 11.8. The van der Waals surface area contributed by atoms with Crippen LogP contribution in [-0.4, -0.2) is 38.0 Å². The Labute approximate surface area is 136 Å². The van der Waals surface area contributed by atoms with Gasteiger partial charge in [-0.05, 0) is 25.0 Å². The highest BCUT2D eigenvalue weighted by atomic mass is 16.5. The van der Waals surface area contributed by atoms with E-state index in [9.17, 15) is 14.4 Å². The van der Waals surface area contributed by atoms with Gasteiger partial charge in [0.2, 0.25) is 5.91 Å². The van der Waals surface area contributed by atoms with Crippen LogP contribution in [0.4, 0.5) is 0 Å². The van der Waals surface area contributed by atoms with Crippen LogP contribution in [0.2, 0.25) is 0 Å². The van der Waals surface area contributed by atoms with Crippen LogP contribution in [0.25, 0.3) is 0 Å². The zero-order valence-corrected chi connectivity index (χ0v) is 13.5. The molecule has 2 amide bonds. The Morgan fingerprint density at radius 1 is 0.957 bits per heavy atom. The second-order valence-electron chi connectivity index (χ2n) is 5.14. The lowest BCUT2D eigenvalue weighted by atomic mass is 10.1. The van der Waals surface area contributed by atoms with Gasteiger partial charge in [0.15, 0.2) is 0 Å². The van der Waals surface area contributed by atoms with Crippen molar-refractivity contribution in [2.75, 3.05) is 20.2 Å². The lowest BCUT2D eigenvalue weighted by Gasteiger charge is -2.06. The molecule has 2 N–H and O–H groups in total. The molecule has 0 bridgehead atoms. The number of methoxy groups -OCH3 is 1. The molecule has 126 valence electrons. The molecule has 0 heterocycles. The first-order valence-corrected chi connectivity index (χ1v) is 7.80. The molecule has 6 heteroatoms. The zero-order chi connectivity index (χ0) is 16.9. The predicted octanol–water partition coefficient (Wildman–Crippen LogP) is 1.66. The van der Waals surface area contributed by atoms with Crippen LogP contribution in [0.1, 0.15) is 42.5 Å². The molecule has 0 saturated carbocycles. The lowest BCUT2D eigenvalue weighted by molar-refractivity contribution is -0.141. The number of ether oxygens (including phenoxy) is 1. The van der Waals surface area contributed by atoms with Gasteiger partial charge in [0.1, 0.15) is 6.54 Å². The third-order valence-electron chi connectivity index (χ3n) is 3.31. The van der Waals surface area contributed by atoms with E-state index in [1.165, 1.54) is 7.11 Å². The van der Waals surface area contributed by atoms with Crippen molar-refractivity contribution < 1.29 is 19.1 Å². The first-order chi connectivity index (χ1) is 11.1. The molecule has 1 aromatic rings. The molecule has 0 atom stereocenters. The van der Waals surface area contributed by atoms with Gasteiger partial charge in [-0.15, -0.1) is 0 Å². The first kappa shape index (κ1) is 18.7. The largest absolute Gasteiger partial charge is 0.468 e. The number of esters is 1. The molecule has 0 fully saturated rings. The van der Waals surface area contributed by atoms with Gasteiger partial charge in [0.25, 0.3) is 5.91 Å². The lowest BCUT2D eigenvalue weighted by Crippen LogP contribution is -2.29. The normalized spacial score (nSPS) is 9.96. The second kappa shape index (κ2) is 11.2. The molecule has 0 radical (unpaired) electrons. The maximum absolute atomic E-state index is 11.8. The number of nitrogens with one attached hydrogen (secondary N) is 2. The van der Waals surface area contributed by atoms with Gasteiger partial charge < -0.3 is 15.4 Å². The summed E-state index contributed by atoms with van der Waals surface area (Å²) in [5.41, 5.74) is 0.662. The number of hydrogen-bond acceptors (Lipinski definition) is 4. The van der Waals surface area contributed by atoms with E-state index < -0.39 is 5.97 Å². The van der Waals surface area contributed by atoms with E-state index in [0.29, 0.717) is 18.5 Å². The Morgan fingerprint density at radius 3 is 2.35 bits per heavy atom. The maximum Gasteiger partial charge on any atom is 0.325 e. The van der Waals surface area contributed by atoms with Crippen molar-refractivity contribution in [2.45, 2.75) is 32.1 Å². The molecule has 23 heavy (non-hydrogen) atoms. The Balaban J connectivity index is 1.98. The van der Waals surface area contributed by atoms with Crippen molar-refractivity contribution in [3.05, 3.63) is 35.9 Å². The van der Waals surface area contributed by atoms with E-state index in [4.69, 9.17) is 0 Å². The Bertz CT molecular complexity index is 503. The first-order valence-electron chi connectivity index (χ1n) is 7.80. The highest BCUT2D eigenvalue weighted by molar-refractivity contribution is 5.94. The monoisotopic (exact) mass is 320 g/mol. The second-order valence-corrected chi connectivity index (χ2v) is 5.14. The summed E-state index contributed by atoms with van der Waals surface area (Å²) in [7, 11) is 1.28. The van der Waals surface area contributed by atoms with E-state index in [2.05, 4.69) is 15.4 Å². The van der Waals surface area contributed by atoms with Crippen molar-refractivity contribution >= 4 is 17.8 Å².